The van der Waals surface area contributed by atoms with Crippen LogP contribution in [-0.2, 0) is 62.2 Å². The lowest BCUT2D eigenvalue weighted by Gasteiger charge is -2.28. The van der Waals surface area contributed by atoms with E-state index >= 15 is 0 Å². The molecule has 2 heterocycles. The Labute approximate surface area is 218 Å². The van der Waals surface area contributed by atoms with Gasteiger partial charge in [-0.15, -0.1) is 0 Å². The normalized spacial score (nSPS) is 16.6. The monoisotopic (exact) mass is 536 g/mol. The molecule has 208 valence electrons. The number of amides is 1. The number of rotatable bonds is 13. The topological polar surface area (TPSA) is 187 Å². The summed E-state index contributed by atoms with van der Waals surface area (Å²) < 4.78 is 19.0. The first-order valence-electron chi connectivity index (χ1n) is 11.7. The van der Waals surface area contributed by atoms with Crippen LogP contribution in [0.5, 0.6) is 0 Å². The molecule has 0 aliphatic carbocycles. The van der Waals surface area contributed by atoms with Crippen molar-refractivity contribution >= 4 is 35.8 Å². The maximum absolute atomic E-state index is 12.9. The van der Waals surface area contributed by atoms with Crippen molar-refractivity contribution in [3.63, 3.8) is 0 Å². The zero-order valence-electron chi connectivity index (χ0n) is 22.0. The summed E-state index contributed by atoms with van der Waals surface area (Å²) in [5.74, 6) is -4.19. The van der Waals surface area contributed by atoms with Crippen LogP contribution in [0.1, 0.15) is 59.9 Å². The van der Waals surface area contributed by atoms with Crippen LogP contribution >= 0.6 is 0 Å². The van der Waals surface area contributed by atoms with Gasteiger partial charge in [0.25, 0.3) is 0 Å². The second-order valence-electron chi connectivity index (χ2n) is 8.82. The molecule has 1 aromatic heterocycles. The Hall–Kier alpha value is -4.16. The highest BCUT2D eigenvalue weighted by atomic mass is 16.5. The highest BCUT2D eigenvalue weighted by Gasteiger charge is 2.43. The van der Waals surface area contributed by atoms with Crippen molar-refractivity contribution in [3.05, 3.63) is 33.7 Å². The van der Waals surface area contributed by atoms with E-state index in [1.807, 2.05) is 0 Å². The molecule has 1 aliphatic heterocycles. The fourth-order valence-electron chi connectivity index (χ4n) is 4.52. The van der Waals surface area contributed by atoms with Crippen LogP contribution in [0.3, 0.4) is 0 Å². The predicted octanol–water partition coefficient (Wildman–Crippen LogP) is 0.778. The molecule has 1 amide bonds. The minimum absolute atomic E-state index is 0.00732. The van der Waals surface area contributed by atoms with Crippen molar-refractivity contribution in [2.24, 2.45) is 0 Å². The molecule has 2 rings (SSSR count). The number of H-pyrrole nitrogens is 1. The summed E-state index contributed by atoms with van der Waals surface area (Å²) in [7, 11) is 4.80. The molecular formula is C25H32N2O11. The van der Waals surface area contributed by atoms with Gasteiger partial charge in [0.15, 0.2) is 0 Å². The van der Waals surface area contributed by atoms with Crippen LogP contribution in [0, 0.1) is 0 Å². The number of hydrogen-bond acceptors (Lipinski definition) is 10. The molecule has 0 saturated carbocycles. The SMILES string of the molecule is COC(=O)CCC1=C(CC(=O)O)C(C)(Cc2[nH]c(C(=O)OC)c(CCC(=O)OC)c2CC(=O)OC)NC1=O. The Morgan fingerprint density at radius 3 is 1.92 bits per heavy atom. The standard InChI is InChI=1S/C25H32N2O11/c1-25(16(11-18(28)29)14(23(33)27-25)7-9-20(31)36-3)12-17-15(10-21(32)37-4)13(6-8-19(30)35-2)22(26-17)24(34)38-5/h26H,6-12H2,1-5H3,(H,27,33)(H,28,29). The summed E-state index contributed by atoms with van der Waals surface area (Å²) in [5, 5.41) is 12.4. The van der Waals surface area contributed by atoms with Gasteiger partial charge in [-0.25, -0.2) is 4.79 Å². The minimum atomic E-state index is -1.25. The predicted molar refractivity (Wildman–Crippen MR) is 129 cm³/mol. The highest BCUT2D eigenvalue weighted by molar-refractivity contribution is 6.00. The molecule has 13 nitrogen and oxygen atoms in total. The minimum Gasteiger partial charge on any atom is -0.481 e. The molecule has 3 N–H and O–H groups in total. The lowest BCUT2D eigenvalue weighted by atomic mass is 9.83. The van der Waals surface area contributed by atoms with E-state index in [9.17, 15) is 33.9 Å². The number of carboxylic acids is 1. The van der Waals surface area contributed by atoms with E-state index in [0.29, 0.717) is 16.8 Å². The van der Waals surface area contributed by atoms with Crippen molar-refractivity contribution in [1.29, 1.82) is 0 Å². The smallest absolute Gasteiger partial charge is 0.354 e. The fourth-order valence-corrected chi connectivity index (χ4v) is 4.52. The molecule has 0 aromatic carbocycles. The van der Waals surface area contributed by atoms with E-state index in [2.05, 4.69) is 15.0 Å². The van der Waals surface area contributed by atoms with Crippen molar-refractivity contribution in [3.8, 4) is 0 Å². The number of methoxy groups -OCH3 is 4. The lowest BCUT2D eigenvalue weighted by molar-refractivity contribution is -0.141. The summed E-state index contributed by atoms with van der Waals surface area (Å²) >= 11 is 0. The Kier molecular flexibility index (Phi) is 10.2. The summed E-state index contributed by atoms with van der Waals surface area (Å²) in [6.07, 6.45) is -1.03. The molecule has 0 radical (unpaired) electrons. The van der Waals surface area contributed by atoms with E-state index in [1.54, 1.807) is 6.92 Å². The molecular weight excluding hydrogens is 504 g/mol. The molecule has 1 unspecified atom stereocenters. The number of aromatic amines is 1. The number of carbonyl (C=O) groups excluding carboxylic acids is 5. The first-order chi connectivity index (χ1) is 17.9. The van der Waals surface area contributed by atoms with Crippen LogP contribution in [0.15, 0.2) is 11.1 Å². The zero-order chi connectivity index (χ0) is 28.6. The largest absolute Gasteiger partial charge is 0.481 e. The second-order valence-corrected chi connectivity index (χ2v) is 8.82. The van der Waals surface area contributed by atoms with Gasteiger partial charge in [-0.1, -0.05) is 0 Å². The fraction of sp³-hybridized carbons (Fsp3) is 0.520. The summed E-state index contributed by atoms with van der Waals surface area (Å²) in [6, 6.07) is 0. The molecule has 1 aromatic rings. The number of aliphatic carboxylic acids is 1. The van der Waals surface area contributed by atoms with Crippen LogP contribution in [-0.4, -0.2) is 79.8 Å². The van der Waals surface area contributed by atoms with Crippen LogP contribution in [0.4, 0.5) is 0 Å². The van der Waals surface area contributed by atoms with Gasteiger partial charge < -0.3 is 34.4 Å². The number of carbonyl (C=O) groups is 6. The summed E-state index contributed by atoms with van der Waals surface area (Å²) in [4.78, 5) is 76.0. The number of hydrogen-bond donors (Lipinski definition) is 3. The first kappa shape index (κ1) is 30.1. The average Bonchev–Trinajstić information content (AvgIpc) is 3.32. The molecule has 0 bridgehead atoms. The van der Waals surface area contributed by atoms with Crippen molar-refractivity contribution in [2.75, 3.05) is 28.4 Å². The van der Waals surface area contributed by atoms with E-state index in [-0.39, 0.29) is 55.4 Å². The maximum atomic E-state index is 12.9. The maximum Gasteiger partial charge on any atom is 0.354 e. The van der Waals surface area contributed by atoms with E-state index < -0.39 is 47.7 Å². The van der Waals surface area contributed by atoms with E-state index in [0.717, 1.165) is 0 Å². The van der Waals surface area contributed by atoms with Gasteiger partial charge in [-0.05, 0) is 36.5 Å². The Morgan fingerprint density at radius 1 is 0.816 bits per heavy atom. The lowest BCUT2D eigenvalue weighted by Crippen LogP contribution is -2.44. The highest BCUT2D eigenvalue weighted by Crippen LogP contribution is 2.36. The molecule has 0 saturated heterocycles. The van der Waals surface area contributed by atoms with Crippen LogP contribution in [0.2, 0.25) is 0 Å². The Morgan fingerprint density at radius 2 is 1.39 bits per heavy atom. The van der Waals surface area contributed by atoms with Crippen LogP contribution in [0.25, 0.3) is 0 Å². The molecule has 0 spiro atoms. The number of carboxylic acid groups (broad SMARTS) is 1. The second kappa shape index (κ2) is 12.9. The van der Waals surface area contributed by atoms with Crippen molar-refractivity contribution < 1.29 is 52.8 Å². The third-order valence-corrected chi connectivity index (χ3v) is 6.41. The molecule has 1 atom stereocenters. The quantitative estimate of drug-likeness (QED) is 0.239. The third-order valence-electron chi connectivity index (χ3n) is 6.41. The number of aromatic nitrogens is 1. The van der Waals surface area contributed by atoms with E-state index in [1.165, 1.54) is 28.4 Å². The third kappa shape index (κ3) is 6.99. The van der Waals surface area contributed by atoms with Gasteiger partial charge in [0.2, 0.25) is 5.91 Å². The summed E-state index contributed by atoms with van der Waals surface area (Å²) in [6.45, 7) is 1.61. The van der Waals surface area contributed by atoms with E-state index in [4.69, 9.17) is 14.2 Å². The van der Waals surface area contributed by atoms with Gasteiger partial charge in [-0.2, -0.15) is 0 Å². The molecule has 13 heteroatoms. The Bertz CT molecular complexity index is 1160. The van der Waals surface area contributed by atoms with Gasteiger partial charge >= 0.3 is 29.8 Å². The molecule has 1 aliphatic rings. The van der Waals surface area contributed by atoms with Gasteiger partial charge in [-0.3, -0.25) is 24.0 Å². The first-order valence-corrected chi connectivity index (χ1v) is 11.7. The number of nitrogens with one attached hydrogen (secondary N) is 2. The Balaban J connectivity index is 2.63. The van der Waals surface area contributed by atoms with Gasteiger partial charge in [0.05, 0.1) is 46.8 Å². The van der Waals surface area contributed by atoms with Crippen molar-refractivity contribution in [2.45, 2.75) is 57.4 Å². The number of esters is 4. The average molecular weight is 537 g/mol. The van der Waals surface area contributed by atoms with Gasteiger partial charge in [0.1, 0.15) is 5.69 Å². The number of ether oxygens (including phenoxy) is 4. The molecule has 38 heavy (non-hydrogen) atoms. The van der Waals surface area contributed by atoms with Gasteiger partial charge in [0, 0.05) is 30.5 Å². The van der Waals surface area contributed by atoms with Crippen molar-refractivity contribution in [1.82, 2.24) is 10.3 Å². The molecule has 0 fully saturated rings. The van der Waals surface area contributed by atoms with Crippen LogP contribution < -0.4 is 5.32 Å². The zero-order valence-corrected chi connectivity index (χ0v) is 22.0. The summed E-state index contributed by atoms with van der Waals surface area (Å²) in [5.41, 5.74) is 0.209.